The lowest BCUT2D eigenvalue weighted by molar-refractivity contribution is 0.0523. The van der Waals surface area contributed by atoms with Crippen LogP contribution < -0.4 is 5.32 Å². The van der Waals surface area contributed by atoms with Crippen LogP contribution in [0, 0.1) is 0 Å². The van der Waals surface area contributed by atoms with E-state index in [-0.39, 0.29) is 0 Å². The number of carbonyl (C=O) groups excluding carboxylic acids is 2. The third-order valence-corrected chi connectivity index (χ3v) is 1.95. The van der Waals surface area contributed by atoms with Crippen LogP contribution in [-0.2, 0) is 16.1 Å². The molecule has 5 nitrogen and oxygen atoms in total. The number of alkyl carbamates (subject to hydrolysis) is 1. The van der Waals surface area contributed by atoms with Crippen LogP contribution in [-0.4, -0.2) is 17.8 Å². The number of hydrogen-bond donors (Lipinski definition) is 1. The zero-order valence-corrected chi connectivity index (χ0v) is 10.7. The Hall–Kier alpha value is -2.13. The number of amides is 1. The van der Waals surface area contributed by atoms with Crippen molar-refractivity contribution in [2.75, 3.05) is 0 Å². The Bertz CT molecular complexity index is 454. The van der Waals surface area contributed by atoms with E-state index in [1.807, 2.05) is 0 Å². The number of hydrogen-bond acceptors (Lipinski definition) is 4. The lowest BCUT2D eigenvalue weighted by atomic mass is 10.2. The molecule has 1 rings (SSSR count). The Balaban J connectivity index is 2.49. The first-order valence-electron chi connectivity index (χ1n) is 5.54. The molecule has 0 aliphatic carbocycles. The molecular formula is C13H16N2O3. The van der Waals surface area contributed by atoms with Crippen LogP contribution in [0.15, 0.2) is 29.3 Å². The third kappa shape index (κ3) is 5.27. The van der Waals surface area contributed by atoms with E-state index in [4.69, 9.17) is 4.74 Å². The molecule has 0 unspecified atom stereocenters. The van der Waals surface area contributed by atoms with Gasteiger partial charge >= 0.3 is 6.09 Å². The van der Waals surface area contributed by atoms with Crippen molar-refractivity contribution in [3.8, 4) is 0 Å². The predicted octanol–water partition coefficient (Wildman–Crippen LogP) is 2.68. The second-order valence-electron chi connectivity index (χ2n) is 4.72. The number of carbonyl (C=O) groups is 1. The summed E-state index contributed by atoms with van der Waals surface area (Å²) in [7, 11) is 0. The Labute approximate surface area is 106 Å². The van der Waals surface area contributed by atoms with E-state index in [0.717, 1.165) is 5.56 Å². The number of benzene rings is 1. The maximum Gasteiger partial charge on any atom is 0.407 e. The van der Waals surface area contributed by atoms with Crippen molar-refractivity contribution < 1.29 is 14.3 Å². The number of nitrogens with one attached hydrogen (secondary N) is 1. The number of aliphatic imine (C=N–C) groups is 1. The highest BCUT2D eigenvalue weighted by Crippen LogP contribution is 2.12. The Morgan fingerprint density at radius 3 is 2.44 bits per heavy atom. The first kappa shape index (κ1) is 13.9. The summed E-state index contributed by atoms with van der Waals surface area (Å²) < 4.78 is 5.10. The summed E-state index contributed by atoms with van der Waals surface area (Å²) in [5, 5.41) is 2.64. The van der Waals surface area contributed by atoms with Crippen molar-refractivity contribution in [2.45, 2.75) is 32.9 Å². The Kier molecular flexibility index (Phi) is 4.63. The molecule has 0 saturated carbocycles. The highest BCUT2D eigenvalue weighted by atomic mass is 16.6. The maximum atomic E-state index is 11.4. The van der Waals surface area contributed by atoms with Crippen LogP contribution in [0.3, 0.4) is 0 Å². The monoisotopic (exact) mass is 248 g/mol. The first-order valence-corrected chi connectivity index (χ1v) is 5.54. The summed E-state index contributed by atoms with van der Waals surface area (Å²) in [4.78, 5) is 24.9. The number of isocyanates is 1. The van der Waals surface area contributed by atoms with E-state index in [1.54, 1.807) is 45.0 Å². The quantitative estimate of drug-likeness (QED) is 0.660. The smallest absolute Gasteiger partial charge is 0.407 e. The molecule has 5 heteroatoms. The van der Waals surface area contributed by atoms with Crippen LogP contribution in [0.2, 0.25) is 0 Å². The van der Waals surface area contributed by atoms with Crippen molar-refractivity contribution in [1.29, 1.82) is 0 Å². The highest BCUT2D eigenvalue weighted by molar-refractivity contribution is 5.67. The summed E-state index contributed by atoms with van der Waals surface area (Å²) in [5.41, 5.74) is 0.920. The minimum absolute atomic E-state index is 0.361. The van der Waals surface area contributed by atoms with E-state index in [2.05, 4.69) is 10.3 Å². The lowest BCUT2D eigenvalue weighted by Crippen LogP contribution is -2.32. The van der Waals surface area contributed by atoms with Gasteiger partial charge in [0.25, 0.3) is 0 Å². The third-order valence-electron chi connectivity index (χ3n) is 1.95. The normalized spacial score (nSPS) is 10.4. The molecule has 96 valence electrons. The van der Waals surface area contributed by atoms with Crippen LogP contribution in [0.4, 0.5) is 10.5 Å². The van der Waals surface area contributed by atoms with Gasteiger partial charge in [-0.15, -0.1) is 0 Å². The van der Waals surface area contributed by atoms with Gasteiger partial charge in [-0.05, 0) is 38.5 Å². The Morgan fingerprint density at radius 1 is 1.33 bits per heavy atom. The van der Waals surface area contributed by atoms with Gasteiger partial charge in [-0.25, -0.2) is 9.59 Å². The van der Waals surface area contributed by atoms with E-state index in [0.29, 0.717) is 12.2 Å². The Morgan fingerprint density at radius 2 is 1.94 bits per heavy atom. The molecule has 1 amide bonds. The van der Waals surface area contributed by atoms with Gasteiger partial charge in [0.2, 0.25) is 6.08 Å². The minimum atomic E-state index is -0.507. The molecule has 1 aromatic rings. The molecule has 0 spiro atoms. The molecule has 0 saturated heterocycles. The van der Waals surface area contributed by atoms with Crippen LogP contribution >= 0.6 is 0 Å². The van der Waals surface area contributed by atoms with Gasteiger partial charge in [0.05, 0.1) is 5.69 Å². The summed E-state index contributed by atoms with van der Waals surface area (Å²) in [6.45, 7) is 5.77. The fourth-order valence-corrected chi connectivity index (χ4v) is 1.23. The molecule has 18 heavy (non-hydrogen) atoms. The van der Waals surface area contributed by atoms with E-state index in [1.165, 1.54) is 6.08 Å². The molecule has 1 N–H and O–H groups in total. The largest absolute Gasteiger partial charge is 0.444 e. The molecule has 0 fully saturated rings. The van der Waals surface area contributed by atoms with Gasteiger partial charge in [0, 0.05) is 6.54 Å². The molecule has 1 aromatic carbocycles. The molecule has 0 radical (unpaired) electrons. The molecule has 0 aliphatic heterocycles. The van der Waals surface area contributed by atoms with Crippen LogP contribution in [0.1, 0.15) is 26.3 Å². The van der Waals surface area contributed by atoms with Gasteiger partial charge in [-0.3, -0.25) is 0 Å². The molecule has 0 heterocycles. The van der Waals surface area contributed by atoms with Crippen LogP contribution in [0.25, 0.3) is 0 Å². The fourth-order valence-electron chi connectivity index (χ4n) is 1.23. The molecule has 0 atom stereocenters. The zero-order valence-electron chi connectivity index (χ0n) is 10.7. The second kappa shape index (κ2) is 5.98. The van der Waals surface area contributed by atoms with Crippen molar-refractivity contribution in [1.82, 2.24) is 5.32 Å². The van der Waals surface area contributed by atoms with Gasteiger partial charge in [-0.1, -0.05) is 12.1 Å². The fraction of sp³-hybridized carbons (Fsp3) is 0.385. The summed E-state index contributed by atoms with van der Waals surface area (Å²) in [5.74, 6) is 0. The van der Waals surface area contributed by atoms with Gasteiger partial charge in [-0.2, -0.15) is 4.99 Å². The van der Waals surface area contributed by atoms with Gasteiger partial charge in [0.15, 0.2) is 0 Å². The predicted molar refractivity (Wildman–Crippen MR) is 67.3 cm³/mol. The van der Waals surface area contributed by atoms with Crippen molar-refractivity contribution in [3.63, 3.8) is 0 Å². The minimum Gasteiger partial charge on any atom is -0.444 e. The average Bonchev–Trinajstić information content (AvgIpc) is 2.26. The number of nitrogens with zero attached hydrogens (tertiary/aromatic N) is 1. The average molecular weight is 248 g/mol. The lowest BCUT2D eigenvalue weighted by Gasteiger charge is -2.19. The maximum absolute atomic E-state index is 11.4. The SMILES string of the molecule is CC(C)(C)OC(=O)NCc1ccc(N=C=O)cc1. The van der Waals surface area contributed by atoms with Crippen molar-refractivity contribution >= 4 is 17.9 Å². The molecule has 0 aliphatic rings. The van der Waals surface area contributed by atoms with Crippen molar-refractivity contribution in [2.24, 2.45) is 4.99 Å². The topological polar surface area (TPSA) is 67.8 Å². The second-order valence-corrected chi connectivity index (χ2v) is 4.72. The summed E-state index contributed by atoms with van der Waals surface area (Å²) in [6, 6.07) is 6.90. The van der Waals surface area contributed by atoms with Crippen LogP contribution in [0.5, 0.6) is 0 Å². The highest BCUT2D eigenvalue weighted by Gasteiger charge is 2.15. The van der Waals surface area contributed by atoms with Crippen molar-refractivity contribution in [3.05, 3.63) is 29.8 Å². The zero-order chi connectivity index (χ0) is 13.6. The molecule has 0 bridgehead atoms. The molecule has 0 aromatic heterocycles. The van der Waals surface area contributed by atoms with Gasteiger partial charge in [0.1, 0.15) is 5.60 Å². The standard InChI is InChI=1S/C13H16N2O3/c1-13(2,3)18-12(17)14-8-10-4-6-11(7-5-10)15-9-16/h4-7H,8H2,1-3H3,(H,14,17). The first-order chi connectivity index (χ1) is 8.40. The summed E-state index contributed by atoms with van der Waals surface area (Å²) >= 11 is 0. The van der Waals surface area contributed by atoms with E-state index >= 15 is 0 Å². The molecular weight excluding hydrogens is 232 g/mol. The number of ether oxygens (including phenoxy) is 1. The van der Waals surface area contributed by atoms with E-state index in [9.17, 15) is 9.59 Å². The number of rotatable bonds is 3. The summed E-state index contributed by atoms with van der Waals surface area (Å²) in [6.07, 6.45) is 1.00. The van der Waals surface area contributed by atoms with E-state index < -0.39 is 11.7 Å². The van der Waals surface area contributed by atoms with Gasteiger partial charge < -0.3 is 10.1 Å².